The first-order valence-electron chi connectivity index (χ1n) is 17.5. The van der Waals surface area contributed by atoms with Crippen LogP contribution >= 0.6 is 0 Å². The third-order valence-corrected chi connectivity index (χ3v) is 6.99. The summed E-state index contributed by atoms with van der Waals surface area (Å²) in [5.74, 6) is 0.705. The molecule has 0 saturated heterocycles. The second-order valence-corrected chi connectivity index (χ2v) is 14.7. The van der Waals surface area contributed by atoms with Crippen LogP contribution in [0.5, 0.6) is 0 Å². The molecule has 0 aliphatic heterocycles. The minimum absolute atomic E-state index is 0. The molecule has 14 nitrogen and oxygen atoms in total. The van der Waals surface area contributed by atoms with E-state index in [0.717, 1.165) is 54.6 Å². The molecule has 0 fully saturated rings. The fourth-order valence-corrected chi connectivity index (χ4v) is 4.78. The van der Waals surface area contributed by atoms with Crippen LogP contribution in [0, 0.1) is 5.92 Å². The monoisotopic (exact) mass is 937 g/mol. The number of fused-ring (bicyclic) bond motifs is 3. The number of benzene rings is 3. The number of carbonyl (C=O) groups excluding carboxylic acids is 1. The van der Waals surface area contributed by atoms with Crippen LogP contribution in [-0.2, 0) is 61.2 Å². The average Bonchev–Trinajstić information content (AvgIpc) is 3.22. The number of aliphatic hydroxyl groups excluding tert-OH is 2. The Morgan fingerprint density at radius 2 is 1.02 bits per heavy atom. The summed E-state index contributed by atoms with van der Waals surface area (Å²) in [6, 6.07) is 33.3. The van der Waals surface area contributed by atoms with Crippen LogP contribution in [0.2, 0.25) is 0 Å². The van der Waals surface area contributed by atoms with Gasteiger partial charge >= 0.3 is 0 Å². The van der Waals surface area contributed by atoms with E-state index in [1.54, 1.807) is 6.20 Å². The largest absolute Gasteiger partial charge is 0.748 e. The van der Waals surface area contributed by atoms with Gasteiger partial charge in [0.05, 0.1) is 51.1 Å². The van der Waals surface area contributed by atoms with Crippen molar-refractivity contribution in [1.29, 1.82) is 0 Å². The van der Waals surface area contributed by atoms with Crippen LogP contribution in [-0.4, -0.2) is 104 Å². The fraction of sp³-hybridized carbons (Fsp3) is 0.286. The van der Waals surface area contributed by atoms with Crippen LogP contribution in [0.3, 0.4) is 0 Å². The Kier molecular flexibility index (Phi) is 31.2. The van der Waals surface area contributed by atoms with E-state index in [2.05, 4.69) is 108 Å². The van der Waals surface area contributed by atoms with Gasteiger partial charge in [0.2, 0.25) is 0 Å². The van der Waals surface area contributed by atoms with Crippen molar-refractivity contribution in [3.63, 3.8) is 0 Å². The van der Waals surface area contributed by atoms with E-state index in [0.29, 0.717) is 38.3 Å². The molecule has 1 radical (unpaired) electrons. The molecule has 0 saturated carbocycles. The standard InChI is InChI=1S/C24H16N2.C13H21NO2.2CH4O3S.2CH4O.CHO.Tc/c1-3-7-17(8-4-1)19-13-15-25-23-21(19)11-12-22-20(14-16-26-24(22)23)18-9-5-2-6-10-18;1-12(2)5-7-15-8-9-16-11-13-4-3-6-14-10-13;2*1-5(2,3)4;3*1-2;/h1-16H;3-4,6,10,12H,5,7-9,11H2,1-2H3;2*1H3,(H,2,3,4);2*2H,1H3;1H;/q;;;;;;-1;/p-2/i;;;;;;;1+1. The quantitative estimate of drug-likeness (QED) is 0.0525. The van der Waals surface area contributed by atoms with Gasteiger partial charge in [-0.3, -0.25) is 21.7 Å². The molecular formula is C42H52N3O11S2Tc-3. The Morgan fingerprint density at radius 1 is 0.610 bits per heavy atom. The van der Waals surface area contributed by atoms with E-state index < -0.39 is 20.2 Å². The zero-order valence-corrected chi connectivity index (χ0v) is 37.3. The molecular weight excluding hydrogens is 886 g/mol. The minimum atomic E-state index is -3.92. The molecule has 0 spiro atoms. The van der Waals surface area contributed by atoms with E-state index in [4.69, 9.17) is 50.4 Å². The number of aliphatic hydroxyl groups is 2. The first kappa shape index (κ1) is 56.7. The second kappa shape index (κ2) is 32.5. The van der Waals surface area contributed by atoms with Crippen LogP contribution in [0.1, 0.15) is 25.8 Å². The summed E-state index contributed by atoms with van der Waals surface area (Å²) >= 11 is 0. The van der Waals surface area contributed by atoms with Gasteiger partial charge in [-0.15, -0.1) is 0 Å². The zero-order chi connectivity index (χ0) is 44.0. The van der Waals surface area contributed by atoms with E-state index in [1.807, 2.05) is 42.9 Å². The zero-order valence-electron chi connectivity index (χ0n) is 33.8. The van der Waals surface area contributed by atoms with Gasteiger partial charge in [-0.05, 0) is 58.4 Å². The Balaban J connectivity index is 0. The van der Waals surface area contributed by atoms with Crippen LogP contribution < -0.4 is 0 Å². The number of hydrogen-bond acceptors (Lipinski definition) is 14. The molecule has 0 atom stereocenters. The molecule has 0 aliphatic carbocycles. The van der Waals surface area contributed by atoms with Crippen molar-refractivity contribution in [2.24, 2.45) is 5.92 Å². The molecule has 323 valence electrons. The van der Waals surface area contributed by atoms with E-state index in [9.17, 15) is 0 Å². The molecule has 0 unspecified atom stereocenters. The van der Waals surface area contributed by atoms with Gasteiger partial charge in [-0.25, -0.2) is 16.8 Å². The average molecular weight is 938 g/mol. The van der Waals surface area contributed by atoms with Gasteiger partial charge in [-0.1, -0.05) is 92.7 Å². The number of pyridine rings is 3. The smallest absolute Gasteiger partial charge is 0.0970 e. The molecule has 0 aliphatic rings. The fourth-order valence-electron chi connectivity index (χ4n) is 4.78. The van der Waals surface area contributed by atoms with Gasteiger partial charge in [0.15, 0.2) is 0 Å². The summed E-state index contributed by atoms with van der Waals surface area (Å²) in [7, 11) is -5.83. The van der Waals surface area contributed by atoms with Crippen molar-refractivity contribution >= 4 is 48.8 Å². The molecule has 59 heavy (non-hydrogen) atoms. The number of hydrogen-bond donors (Lipinski definition) is 2. The maximum Gasteiger partial charge on any atom is 0.0970 e. The SMILES string of the molecule is CC(C)CCOCCOCc1cccnc1.CO.CO.CS(=O)(=O)[O-].CS(=O)(=O)[O-].[99Tc].[CH-]=O.c1ccc(-c2ccnc3c2ccc2c(-c4ccccc4)ccnc23)cc1. The van der Waals surface area contributed by atoms with Crippen molar-refractivity contribution in [1.82, 2.24) is 15.0 Å². The summed E-state index contributed by atoms with van der Waals surface area (Å²) in [6.07, 6.45) is 9.66. The van der Waals surface area contributed by atoms with Crippen LogP contribution in [0.4, 0.5) is 0 Å². The van der Waals surface area contributed by atoms with Gasteiger partial charge < -0.3 is 33.6 Å². The van der Waals surface area contributed by atoms with Crippen LogP contribution in [0.25, 0.3) is 44.1 Å². The predicted molar refractivity (Wildman–Crippen MR) is 226 cm³/mol. The summed E-state index contributed by atoms with van der Waals surface area (Å²) in [5.41, 5.74) is 7.75. The predicted octanol–water partition coefficient (Wildman–Crippen LogP) is 6.04. The minimum Gasteiger partial charge on any atom is -0.748 e. The second-order valence-electron chi connectivity index (χ2n) is 11.9. The van der Waals surface area contributed by atoms with Crippen molar-refractivity contribution in [2.45, 2.75) is 26.9 Å². The molecule has 17 heteroatoms. The Bertz CT molecular complexity index is 2060. The summed E-state index contributed by atoms with van der Waals surface area (Å²) in [5, 5.41) is 16.3. The topological polar surface area (TPSA) is 229 Å². The molecule has 0 amide bonds. The number of nitrogens with zero attached hydrogens (tertiary/aromatic N) is 3. The van der Waals surface area contributed by atoms with Gasteiger partial charge in [0, 0.05) is 89.0 Å². The van der Waals surface area contributed by atoms with Crippen LogP contribution in [0.15, 0.2) is 122 Å². The van der Waals surface area contributed by atoms with Crippen molar-refractivity contribution in [3.05, 3.63) is 127 Å². The molecule has 6 aromatic rings. The van der Waals surface area contributed by atoms with Crippen molar-refractivity contribution < 1.29 is 70.5 Å². The normalized spacial score (nSPS) is 10.1. The molecule has 0 bridgehead atoms. The number of ether oxygens (including phenoxy) is 2. The van der Waals surface area contributed by atoms with Crippen molar-refractivity contribution in [2.75, 3.05) is 46.6 Å². The van der Waals surface area contributed by atoms with E-state index >= 15 is 0 Å². The first-order chi connectivity index (χ1) is 27.7. The van der Waals surface area contributed by atoms with Gasteiger partial charge in [0.25, 0.3) is 0 Å². The molecule has 2 N–H and O–H groups in total. The van der Waals surface area contributed by atoms with Gasteiger partial charge in [0.1, 0.15) is 0 Å². The maximum absolute atomic E-state index is 9.08. The summed E-state index contributed by atoms with van der Waals surface area (Å²) in [4.78, 5) is 21.1. The van der Waals surface area contributed by atoms with E-state index in [1.165, 1.54) is 22.3 Å². The Labute approximate surface area is 361 Å². The number of aromatic nitrogens is 3. The van der Waals surface area contributed by atoms with E-state index in [-0.39, 0.29) is 20.1 Å². The maximum atomic E-state index is 9.08. The third-order valence-electron chi connectivity index (χ3n) is 6.99. The molecule has 3 aromatic heterocycles. The number of rotatable bonds is 10. The Hall–Kier alpha value is -4.39. The molecule has 3 heterocycles. The molecule has 3 aromatic carbocycles. The summed E-state index contributed by atoms with van der Waals surface area (Å²) < 4.78 is 65.4. The third kappa shape index (κ3) is 25.7. The van der Waals surface area contributed by atoms with Crippen molar-refractivity contribution in [3.8, 4) is 22.3 Å². The Morgan fingerprint density at radius 3 is 1.39 bits per heavy atom. The summed E-state index contributed by atoms with van der Waals surface area (Å²) in [6.45, 7) is 10.4. The van der Waals surface area contributed by atoms with Gasteiger partial charge in [-0.2, -0.15) is 0 Å². The molecule has 6 rings (SSSR count). The first-order valence-corrected chi connectivity index (χ1v) is 21.1.